The molecule has 0 aliphatic rings. The fraction of sp³-hybridized carbons (Fsp3) is 0.462. The Kier molecular flexibility index (Phi) is 9.90. The molecule has 0 amide bonds. The van der Waals surface area contributed by atoms with Crippen LogP contribution in [0.1, 0.15) is 38.5 Å². The zero-order valence-corrected chi connectivity index (χ0v) is 9.35. The lowest BCUT2D eigenvalue weighted by Crippen LogP contribution is -1.96. The summed E-state index contributed by atoms with van der Waals surface area (Å²) in [6.07, 6.45) is 10.8. The van der Waals surface area contributed by atoms with E-state index in [0.717, 1.165) is 25.7 Å². The van der Waals surface area contributed by atoms with Crippen LogP contribution in [0.4, 0.5) is 0 Å². The predicted octanol–water partition coefficient (Wildman–Crippen LogP) is 3.06. The molecule has 84 valence electrons. The second-order valence-corrected chi connectivity index (χ2v) is 3.39. The van der Waals surface area contributed by atoms with Crippen molar-refractivity contribution in [2.75, 3.05) is 0 Å². The van der Waals surface area contributed by atoms with E-state index < -0.39 is 0 Å². The van der Waals surface area contributed by atoms with Crippen molar-refractivity contribution in [3.05, 3.63) is 24.3 Å². The van der Waals surface area contributed by atoms with Crippen molar-refractivity contribution in [2.45, 2.75) is 38.5 Å². The standard InChI is InChI=1S/C13H16N2O/c14-11-7-3-1-5-9-13(16)10-6-2-4-8-12-15/h3-4,7-8H,1-2,5-6,9-10H2/b7-3+,8-4+. The number of hydrogen-bond donors (Lipinski definition) is 0. The zero-order valence-electron chi connectivity index (χ0n) is 9.35. The smallest absolute Gasteiger partial charge is 0.132 e. The predicted molar refractivity (Wildman–Crippen MR) is 62.2 cm³/mol. The fourth-order valence-corrected chi connectivity index (χ4v) is 1.23. The van der Waals surface area contributed by atoms with Crippen LogP contribution in [-0.4, -0.2) is 5.78 Å². The van der Waals surface area contributed by atoms with Crippen LogP contribution < -0.4 is 0 Å². The highest BCUT2D eigenvalue weighted by molar-refractivity contribution is 5.78. The van der Waals surface area contributed by atoms with E-state index >= 15 is 0 Å². The Bertz CT molecular complexity index is 297. The highest BCUT2D eigenvalue weighted by atomic mass is 16.1. The van der Waals surface area contributed by atoms with Crippen LogP contribution >= 0.6 is 0 Å². The van der Waals surface area contributed by atoms with E-state index in [-0.39, 0.29) is 5.78 Å². The molecule has 0 aromatic rings. The zero-order chi connectivity index (χ0) is 12.1. The van der Waals surface area contributed by atoms with Crippen LogP contribution in [0.5, 0.6) is 0 Å². The second-order valence-electron chi connectivity index (χ2n) is 3.39. The van der Waals surface area contributed by atoms with Crippen LogP contribution in [0, 0.1) is 22.7 Å². The SMILES string of the molecule is N#C/C=C/CCCC(=O)CCC/C=C/C#N. The van der Waals surface area contributed by atoms with Gasteiger partial charge in [-0.25, -0.2) is 0 Å². The molecule has 0 N–H and O–H groups in total. The number of nitrogens with zero attached hydrogens (tertiary/aromatic N) is 2. The minimum Gasteiger partial charge on any atom is -0.300 e. The molecule has 0 aromatic carbocycles. The number of ketones is 1. The van der Waals surface area contributed by atoms with Crippen molar-refractivity contribution in [3.63, 3.8) is 0 Å². The molecule has 0 aliphatic carbocycles. The molecule has 16 heavy (non-hydrogen) atoms. The number of hydrogen-bond acceptors (Lipinski definition) is 3. The number of allylic oxidation sites excluding steroid dienone is 4. The van der Waals surface area contributed by atoms with Gasteiger partial charge in [0.2, 0.25) is 0 Å². The van der Waals surface area contributed by atoms with E-state index in [1.165, 1.54) is 12.2 Å². The van der Waals surface area contributed by atoms with E-state index in [4.69, 9.17) is 10.5 Å². The first-order chi connectivity index (χ1) is 7.81. The van der Waals surface area contributed by atoms with Gasteiger partial charge in [-0.15, -0.1) is 0 Å². The van der Waals surface area contributed by atoms with Crippen molar-refractivity contribution < 1.29 is 4.79 Å². The Morgan fingerprint density at radius 2 is 1.38 bits per heavy atom. The molecule has 0 bridgehead atoms. The Labute approximate surface area is 96.7 Å². The Balaban J connectivity index is 3.39. The lowest BCUT2D eigenvalue weighted by atomic mass is 10.1. The van der Waals surface area contributed by atoms with Gasteiger partial charge in [-0.1, -0.05) is 12.2 Å². The lowest BCUT2D eigenvalue weighted by molar-refractivity contribution is -0.119. The van der Waals surface area contributed by atoms with Crippen LogP contribution in [0.25, 0.3) is 0 Å². The number of Topliss-reactive ketones (excluding diaryl/α,β-unsaturated/α-hetero) is 1. The molecule has 0 atom stereocenters. The van der Waals surface area contributed by atoms with Crippen LogP contribution in [0.2, 0.25) is 0 Å². The molecular formula is C13H16N2O. The highest BCUT2D eigenvalue weighted by Gasteiger charge is 1.99. The fourth-order valence-electron chi connectivity index (χ4n) is 1.23. The summed E-state index contributed by atoms with van der Waals surface area (Å²) in [5.41, 5.74) is 0. The van der Waals surface area contributed by atoms with Crippen molar-refractivity contribution in [1.82, 2.24) is 0 Å². The van der Waals surface area contributed by atoms with Gasteiger partial charge >= 0.3 is 0 Å². The third-order valence-electron chi connectivity index (χ3n) is 2.04. The summed E-state index contributed by atoms with van der Waals surface area (Å²) in [6, 6.07) is 3.82. The van der Waals surface area contributed by atoms with Crippen LogP contribution in [0.15, 0.2) is 24.3 Å². The van der Waals surface area contributed by atoms with E-state index in [2.05, 4.69) is 0 Å². The van der Waals surface area contributed by atoms with Gasteiger partial charge in [-0.2, -0.15) is 10.5 Å². The van der Waals surface area contributed by atoms with Crippen molar-refractivity contribution in [3.8, 4) is 12.1 Å². The molecule has 0 unspecified atom stereocenters. The van der Waals surface area contributed by atoms with E-state index in [9.17, 15) is 4.79 Å². The molecule has 0 aromatic heterocycles. The Morgan fingerprint density at radius 3 is 1.75 bits per heavy atom. The molecule has 0 saturated heterocycles. The average molecular weight is 216 g/mol. The summed E-state index contributed by atoms with van der Waals surface area (Å²) in [5.74, 6) is 0.260. The maximum Gasteiger partial charge on any atom is 0.132 e. The van der Waals surface area contributed by atoms with Gasteiger partial charge in [-0.05, 0) is 25.7 Å². The van der Waals surface area contributed by atoms with Gasteiger partial charge in [0.25, 0.3) is 0 Å². The molecule has 0 rings (SSSR count). The van der Waals surface area contributed by atoms with Gasteiger partial charge in [0.1, 0.15) is 5.78 Å². The maximum atomic E-state index is 11.3. The van der Waals surface area contributed by atoms with E-state index in [1.54, 1.807) is 12.2 Å². The summed E-state index contributed by atoms with van der Waals surface area (Å²) in [5, 5.41) is 16.5. The van der Waals surface area contributed by atoms with E-state index in [0.29, 0.717) is 12.8 Å². The molecule has 0 fully saturated rings. The third-order valence-corrected chi connectivity index (χ3v) is 2.04. The molecule has 3 nitrogen and oxygen atoms in total. The van der Waals surface area contributed by atoms with Crippen molar-refractivity contribution in [2.24, 2.45) is 0 Å². The van der Waals surface area contributed by atoms with Gasteiger partial charge in [-0.3, -0.25) is 4.79 Å². The quantitative estimate of drug-likeness (QED) is 0.462. The Hall–Kier alpha value is -1.87. The minimum atomic E-state index is 0.260. The topological polar surface area (TPSA) is 64.7 Å². The van der Waals surface area contributed by atoms with Gasteiger partial charge in [0.15, 0.2) is 0 Å². The summed E-state index contributed by atoms with van der Waals surface area (Å²) in [6.45, 7) is 0. The first-order valence-corrected chi connectivity index (χ1v) is 5.42. The number of rotatable bonds is 8. The highest BCUT2D eigenvalue weighted by Crippen LogP contribution is 2.04. The molecule has 0 spiro atoms. The van der Waals surface area contributed by atoms with Crippen LogP contribution in [0.3, 0.4) is 0 Å². The monoisotopic (exact) mass is 216 g/mol. The van der Waals surface area contributed by atoms with Gasteiger partial charge in [0.05, 0.1) is 12.1 Å². The summed E-state index contributed by atoms with van der Waals surface area (Å²) < 4.78 is 0. The molecule has 0 heterocycles. The number of carbonyl (C=O) groups is 1. The maximum absolute atomic E-state index is 11.3. The Morgan fingerprint density at radius 1 is 0.938 bits per heavy atom. The van der Waals surface area contributed by atoms with E-state index in [1.807, 2.05) is 12.1 Å². The first kappa shape index (κ1) is 14.1. The largest absolute Gasteiger partial charge is 0.300 e. The summed E-state index contributed by atoms with van der Waals surface area (Å²) in [4.78, 5) is 11.3. The molecule has 0 saturated carbocycles. The number of nitriles is 2. The number of unbranched alkanes of at least 4 members (excludes halogenated alkanes) is 2. The van der Waals surface area contributed by atoms with Crippen molar-refractivity contribution in [1.29, 1.82) is 10.5 Å². The first-order valence-electron chi connectivity index (χ1n) is 5.42. The second kappa shape index (κ2) is 11.2. The average Bonchev–Trinajstić information content (AvgIpc) is 2.28. The summed E-state index contributed by atoms with van der Waals surface area (Å²) in [7, 11) is 0. The van der Waals surface area contributed by atoms with Crippen molar-refractivity contribution >= 4 is 5.78 Å². The summed E-state index contributed by atoms with van der Waals surface area (Å²) >= 11 is 0. The van der Waals surface area contributed by atoms with Gasteiger partial charge < -0.3 is 0 Å². The molecule has 0 aliphatic heterocycles. The molecule has 3 heteroatoms. The normalized spacial score (nSPS) is 10.4. The van der Waals surface area contributed by atoms with Gasteiger partial charge in [0, 0.05) is 25.0 Å². The van der Waals surface area contributed by atoms with Crippen LogP contribution in [-0.2, 0) is 4.79 Å². The molecule has 0 radical (unpaired) electrons. The third kappa shape index (κ3) is 10.2. The minimum absolute atomic E-state index is 0.260. The lowest BCUT2D eigenvalue weighted by Gasteiger charge is -1.97. The molecular weight excluding hydrogens is 200 g/mol. The number of carbonyl (C=O) groups excluding carboxylic acids is 1.